The van der Waals surface area contributed by atoms with Crippen LogP contribution in [0.15, 0.2) is 139 Å². The highest BCUT2D eigenvalue weighted by Gasteiger charge is 2.08. The van der Waals surface area contributed by atoms with E-state index in [1.54, 1.807) is 59.9 Å². The van der Waals surface area contributed by atoms with E-state index in [4.69, 9.17) is 40.7 Å². The molecule has 0 aromatic heterocycles. The summed E-state index contributed by atoms with van der Waals surface area (Å²) in [4.78, 5) is 79.8. The molecule has 17 nitrogen and oxygen atoms in total. The van der Waals surface area contributed by atoms with Crippen LogP contribution in [0.2, 0.25) is 0 Å². The van der Waals surface area contributed by atoms with Gasteiger partial charge in [0.25, 0.3) is 0 Å². The minimum Gasteiger partial charge on any atom is -0.481 e. The number of aromatic carboxylic acids is 4. The molecule has 3 aliphatic rings. The topological polar surface area (TPSA) is 317 Å². The van der Waals surface area contributed by atoms with E-state index in [0.29, 0.717) is 29.8 Å². The van der Waals surface area contributed by atoms with Crippen LogP contribution in [0, 0.1) is 32.6 Å². The highest BCUT2D eigenvalue weighted by molar-refractivity contribution is 5.91. The van der Waals surface area contributed by atoms with Gasteiger partial charge in [-0.25, -0.2) is 19.2 Å². The molecule has 0 atom stereocenters. The Bertz CT molecular complexity index is 2310. The van der Waals surface area contributed by atoms with Crippen LogP contribution in [0.25, 0.3) is 0 Å². The number of aryl methyl sites for hydroxylation is 4. The smallest absolute Gasteiger partial charge is 0.335 e. The molecule has 3 fully saturated rings. The van der Waals surface area contributed by atoms with Gasteiger partial charge in [-0.1, -0.05) is 179 Å². The minimum absolute atomic E-state index is 0. The zero-order chi connectivity index (χ0) is 59.6. The van der Waals surface area contributed by atoms with Crippen molar-refractivity contribution in [3.05, 3.63) is 183 Å². The Morgan fingerprint density at radius 1 is 0.412 bits per heavy atom. The summed E-state index contributed by atoms with van der Waals surface area (Å²) < 4.78 is 0. The second-order valence-electron chi connectivity index (χ2n) is 18.5. The number of carboxylic acid groups (broad SMARTS) is 6. The van der Waals surface area contributed by atoms with Gasteiger partial charge in [0, 0.05) is 31.0 Å². The Kier molecular flexibility index (Phi) is 48.0. The number of benzene rings is 5. The van der Waals surface area contributed by atoms with Gasteiger partial charge in [-0.2, -0.15) is 0 Å². The third-order valence-corrected chi connectivity index (χ3v) is 11.4. The Labute approximate surface area is 472 Å². The molecule has 3 aliphatic carbocycles. The van der Waals surface area contributed by atoms with Crippen molar-refractivity contribution in [2.75, 3.05) is 0 Å². The average molecular weight is 1110 g/mol. The number of carbonyl (C=O) groups is 7. The third kappa shape index (κ3) is 48.3. The van der Waals surface area contributed by atoms with Gasteiger partial charge in [-0.15, -0.1) is 4.91 Å². The number of rotatable bonds is 9. The van der Waals surface area contributed by atoms with Crippen LogP contribution in [0.5, 0.6) is 0 Å². The van der Waals surface area contributed by atoms with E-state index in [0.717, 1.165) is 44.1 Å². The number of carbonyl (C=O) groups excluding carboxylic acids is 1. The summed E-state index contributed by atoms with van der Waals surface area (Å²) in [5, 5.41) is 60.7. The molecule has 0 amide bonds. The number of aliphatic hydroxyl groups is 1. The van der Waals surface area contributed by atoms with E-state index in [-0.39, 0.29) is 37.5 Å². The molecular formula is C63H88N2O15. The molecule has 80 heavy (non-hydrogen) atoms. The molecule has 0 bridgehead atoms. The predicted molar refractivity (Wildman–Crippen MR) is 314 cm³/mol. The highest BCUT2D eigenvalue weighted by atomic mass is 16.4. The fourth-order valence-electron chi connectivity index (χ4n) is 6.84. The van der Waals surface area contributed by atoms with Crippen molar-refractivity contribution >= 4 is 41.6 Å². The second kappa shape index (κ2) is 50.5. The first-order chi connectivity index (χ1) is 37.6. The summed E-state index contributed by atoms with van der Waals surface area (Å²) in [6.07, 6.45) is 21.2. The number of nitrogens with two attached hydrogens (primary N) is 1. The van der Waals surface area contributed by atoms with Crippen molar-refractivity contribution in [3.63, 3.8) is 0 Å². The van der Waals surface area contributed by atoms with E-state index < -0.39 is 35.8 Å². The van der Waals surface area contributed by atoms with Gasteiger partial charge in [-0.3, -0.25) is 20.2 Å². The Hall–Kier alpha value is -8.05. The van der Waals surface area contributed by atoms with Gasteiger partial charge in [0.2, 0.25) is 0 Å². The van der Waals surface area contributed by atoms with Crippen LogP contribution in [-0.4, -0.2) is 83.4 Å². The number of Topliss-reactive ketones (excluding diaryl/α,β-unsaturated/α-hetero) is 1. The SMILES string of the molecule is C.C1CCCCC1.Cc1ccc(C(=O)O)cc1.Cc1ccc(C)cc1.Cc1ccccc1.NN=O.O=C(O)CCCCC(=O)O.O=C(O)c1ccc(C(=O)O)cc1.O=C(O)c1ccccc1.O=C1CCCCC1.OC1CCCCC1. The Balaban J connectivity index is -0.000000832. The zero-order valence-electron chi connectivity index (χ0n) is 46.3. The highest BCUT2D eigenvalue weighted by Crippen LogP contribution is 2.17. The molecule has 9 N–H and O–H groups in total. The summed E-state index contributed by atoms with van der Waals surface area (Å²) >= 11 is 0. The summed E-state index contributed by atoms with van der Waals surface area (Å²) in [5.74, 6) is -1.24. The number of aliphatic hydroxyl groups excluding tert-OH is 1. The maximum atomic E-state index is 10.5. The van der Waals surface area contributed by atoms with Gasteiger partial charge in [0.1, 0.15) is 5.78 Å². The van der Waals surface area contributed by atoms with Crippen LogP contribution >= 0.6 is 0 Å². The Morgan fingerprint density at radius 2 is 0.650 bits per heavy atom. The van der Waals surface area contributed by atoms with E-state index >= 15 is 0 Å². The first-order valence-corrected chi connectivity index (χ1v) is 26.5. The standard InChI is InChI=1S/C8H6O4.C8H8O2.C8H10.C7H6O2.C7H8.C6H10O4.C6H12O.C6H10O.C6H12.CH4.H2N2O/c9-7(10)5-1-2-6(4-3-5)8(11)12;1-6-2-4-7(5-3-6)8(9)10;1-7-3-5-8(2)6-4-7;8-7(9)6-4-2-1-3-5-6;1-7-5-3-2-4-6-7;7-5(8)3-1-2-4-6(9)10;2*7-6-4-2-1-3-5-6;1-2-4-6-5-3-1;;1-2-3/h1-4H,(H,9,10)(H,11,12);2-5H,1H3,(H,9,10);3-6H,1-2H3;1-5H,(H,8,9);2-6H,1H3;1-4H2,(H,7,8)(H,9,10);6-7H,1-5H2;1-5H2;1-6H2;1H4;(H2,1,3). The molecule has 440 valence electrons. The molecule has 0 spiro atoms. The number of nitroso groups, excluding NO2 is 1. The zero-order valence-corrected chi connectivity index (χ0v) is 46.3. The van der Waals surface area contributed by atoms with Crippen LogP contribution in [-0.2, 0) is 14.4 Å². The van der Waals surface area contributed by atoms with Gasteiger partial charge < -0.3 is 35.7 Å². The summed E-state index contributed by atoms with van der Waals surface area (Å²) in [6.45, 7) is 8.20. The summed E-state index contributed by atoms with van der Waals surface area (Å²) in [6, 6.07) is 38.8. The van der Waals surface area contributed by atoms with Crippen LogP contribution in [0.3, 0.4) is 0 Å². The van der Waals surface area contributed by atoms with E-state index in [9.17, 15) is 33.6 Å². The fraction of sp³-hybridized carbons (Fsp3) is 0.413. The maximum absolute atomic E-state index is 10.5. The van der Waals surface area contributed by atoms with E-state index in [2.05, 4.69) is 63.0 Å². The Morgan fingerprint density at radius 3 is 0.863 bits per heavy atom. The van der Waals surface area contributed by atoms with Gasteiger partial charge in [0.15, 0.2) is 0 Å². The van der Waals surface area contributed by atoms with Crippen molar-refractivity contribution in [3.8, 4) is 0 Å². The third-order valence-electron chi connectivity index (χ3n) is 11.4. The molecule has 0 radical (unpaired) electrons. The lowest BCUT2D eigenvalue weighted by molar-refractivity contribution is -0.139. The monoisotopic (exact) mass is 1110 g/mol. The number of hydrogen-bond acceptors (Lipinski definition) is 10. The lowest BCUT2D eigenvalue weighted by atomic mass is 9.98. The van der Waals surface area contributed by atoms with Gasteiger partial charge >= 0.3 is 35.8 Å². The molecule has 3 saturated carbocycles. The molecule has 0 unspecified atom stereocenters. The van der Waals surface area contributed by atoms with Crippen molar-refractivity contribution in [1.82, 2.24) is 0 Å². The van der Waals surface area contributed by atoms with Gasteiger partial charge in [0.05, 0.1) is 28.4 Å². The summed E-state index contributed by atoms with van der Waals surface area (Å²) in [5.41, 5.74) is 5.89. The normalized spacial score (nSPS) is 12.5. The first kappa shape index (κ1) is 76.2. The number of nitrogens with zero attached hydrogens (tertiary/aromatic N) is 1. The minimum atomic E-state index is -1.06. The van der Waals surface area contributed by atoms with E-state index in [1.165, 1.54) is 105 Å². The summed E-state index contributed by atoms with van der Waals surface area (Å²) in [7, 11) is 0. The molecule has 8 rings (SSSR count). The van der Waals surface area contributed by atoms with Crippen molar-refractivity contribution in [2.24, 2.45) is 11.1 Å². The number of aliphatic carboxylic acids is 2. The maximum Gasteiger partial charge on any atom is 0.335 e. The number of carboxylic acids is 6. The van der Waals surface area contributed by atoms with Crippen LogP contribution in [0.1, 0.15) is 200 Å². The molecule has 0 saturated heterocycles. The lowest BCUT2D eigenvalue weighted by Gasteiger charge is -2.14. The molecule has 5 aromatic rings. The average Bonchev–Trinajstić information content (AvgIpc) is 3.44. The fourth-order valence-corrected chi connectivity index (χ4v) is 6.84. The lowest BCUT2D eigenvalue weighted by Crippen LogP contribution is -2.09. The quantitative estimate of drug-likeness (QED) is 0.0294. The van der Waals surface area contributed by atoms with Crippen LogP contribution < -0.4 is 5.84 Å². The van der Waals surface area contributed by atoms with Gasteiger partial charge in [-0.05, 0) is 115 Å². The van der Waals surface area contributed by atoms with Crippen LogP contribution in [0.4, 0.5) is 0 Å². The molecule has 0 heterocycles. The number of unbranched alkanes of at least 4 members (excludes halogenated alkanes) is 1. The van der Waals surface area contributed by atoms with Crippen molar-refractivity contribution < 1.29 is 69.3 Å². The van der Waals surface area contributed by atoms with Crippen molar-refractivity contribution in [2.45, 2.75) is 170 Å². The van der Waals surface area contributed by atoms with E-state index in [1.807, 2.05) is 25.1 Å². The molecular weight excluding hydrogens is 1020 g/mol. The largest absolute Gasteiger partial charge is 0.481 e. The first-order valence-electron chi connectivity index (χ1n) is 26.5. The second-order valence-corrected chi connectivity index (χ2v) is 18.5. The molecule has 5 aromatic carbocycles. The molecule has 17 heteroatoms. The van der Waals surface area contributed by atoms with Crippen molar-refractivity contribution in [1.29, 1.82) is 0 Å². The molecule has 0 aliphatic heterocycles. The number of hydrogen-bond donors (Lipinski definition) is 8. The number of ketones is 1. The predicted octanol–water partition coefficient (Wildman–Crippen LogP) is 14.6.